The molecule has 516 valence electrons. The zero-order valence-corrected chi connectivity index (χ0v) is 55.9. The first-order valence-corrected chi connectivity index (χ1v) is 34.2. The van der Waals surface area contributed by atoms with Gasteiger partial charge in [-0.05, 0) is 71.7 Å². The summed E-state index contributed by atoms with van der Waals surface area (Å²) in [5.41, 5.74) is 17.9. The number of benzene rings is 5. The van der Waals surface area contributed by atoms with Crippen LogP contribution in [0.25, 0.3) is 43.7 Å². The normalized spacial score (nSPS) is 13.8. The van der Waals surface area contributed by atoms with E-state index in [1.807, 2.05) is 78.9 Å². The Hall–Kier alpha value is -10.3. The number of aryl methyl sites for hydroxylation is 2. The number of esters is 1. The van der Waals surface area contributed by atoms with Crippen molar-refractivity contribution in [2.24, 2.45) is 17.6 Å². The van der Waals surface area contributed by atoms with E-state index in [9.17, 15) is 68.1 Å². The van der Waals surface area contributed by atoms with Crippen LogP contribution in [-0.4, -0.2) is 160 Å². The second kappa shape index (κ2) is 33.8. The van der Waals surface area contributed by atoms with Gasteiger partial charge in [-0.3, -0.25) is 57.7 Å². The number of nitrogens with one attached hydrogen (secondary N) is 5. The van der Waals surface area contributed by atoms with Gasteiger partial charge in [0.1, 0.15) is 17.5 Å². The third-order valence-electron chi connectivity index (χ3n) is 16.3. The highest BCUT2D eigenvalue weighted by Gasteiger charge is 2.37. The molecule has 5 atom stereocenters. The van der Waals surface area contributed by atoms with Gasteiger partial charge in [0.2, 0.25) is 17.8 Å². The molecule has 0 radical (unpaired) electrons. The summed E-state index contributed by atoms with van der Waals surface area (Å²) in [5.74, 6) is -8.68. The summed E-state index contributed by atoms with van der Waals surface area (Å²) in [4.78, 5) is 160. The van der Waals surface area contributed by atoms with Gasteiger partial charge in [-0.15, -0.1) is 11.6 Å². The van der Waals surface area contributed by atoms with Crippen LogP contribution in [-0.2, 0) is 57.6 Å². The molecule has 5 aromatic carbocycles. The number of fused-ring (bicyclic) bond motifs is 6. The molecule has 3 amide bonds. The molecular weight excluding hydrogens is 1340 g/mol. The summed E-state index contributed by atoms with van der Waals surface area (Å²) in [5, 5.41) is 36.7. The second-order valence-electron chi connectivity index (χ2n) is 23.4. The van der Waals surface area contributed by atoms with Crippen molar-refractivity contribution in [3.05, 3.63) is 165 Å². The van der Waals surface area contributed by atoms with Crippen LogP contribution in [0.1, 0.15) is 98.7 Å². The second-order valence-corrected chi connectivity index (χ2v) is 26.4. The number of nitrogens with zero attached hydrogens (tertiary/aromatic N) is 4. The monoisotopic (exact) mass is 1410 g/mol. The largest absolute Gasteiger partial charge is 0.481 e. The van der Waals surface area contributed by atoms with Gasteiger partial charge in [0.15, 0.2) is 28.5 Å². The number of anilines is 2. The van der Waals surface area contributed by atoms with Crippen LogP contribution in [0.4, 0.5) is 11.6 Å². The number of hydrogen-bond acceptors (Lipinski definition) is 20. The lowest BCUT2D eigenvalue weighted by atomic mass is 9.93. The SMILES string of the molecule is CC(=O)Oc1cc2c(c3ccccc13)C(CCl)CN2C(=O)c1cc2cc(CC(=O)c3cc4ccccc4[nH]3)ccc2[nH]1.COCCSSCC(CC(=O)C(CC(=O)O)NC(=O)C(N)CNC(=O)CCC(CC(=O)c1ccc(CCc2cnc3nc(N)[nH]c(=O)c3n2)cc1)C(=O)O)C(=O)O. The first kappa shape index (κ1) is 72.9. The summed E-state index contributed by atoms with van der Waals surface area (Å²) >= 11 is 6.41. The summed E-state index contributed by atoms with van der Waals surface area (Å²) < 4.78 is 10.5. The quantitative estimate of drug-likeness (QED) is 0.00491. The Morgan fingerprint density at radius 2 is 1.46 bits per heavy atom. The molecule has 0 fully saturated rings. The first-order valence-electron chi connectivity index (χ1n) is 31.2. The molecule has 10 rings (SSSR count). The maximum Gasteiger partial charge on any atom is 0.308 e. The number of carboxylic acid groups (broad SMARTS) is 3. The standard InChI is InChI=1S/C35H44N8O12S2.C34H26ClN3O4/c1-55-10-11-56-57-17-21(34(53)54)13-26(45)24(14-28(47)48)41-31(49)23(36)16-38-27(46)9-7-20(33(51)52)12-25(44)19-5-2-18(3-6-19)4-8-22-15-39-30-29(40-22)32(50)43-35(37)42-30;1-19(39)42-32-16-30-33(25-8-4-3-7-24(25)32)23(17-35)18-38(30)34(41)29-15-22-12-20(10-11-27(22)37-29)13-31(40)28-14-21-6-2-5-9-26(21)36-28/h2-3,5-6,15,20-21,23-24H,4,7-14,16-17,36H2,1H3,(H,38,46)(H,41,49)(H,47,48)(H,51,52)(H,53,54)(H3,37,39,42,43,50);2-12,14-16,23,36-37H,13,17-18H2,1H3. The highest BCUT2D eigenvalue weighted by molar-refractivity contribution is 8.76. The molecule has 0 spiro atoms. The number of nitrogen functional groups attached to an aromatic ring is 1. The van der Waals surface area contributed by atoms with Crippen LogP contribution in [0.2, 0.25) is 0 Å². The minimum absolute atomic E-state index is 0.00557. The van der Waals surface area contributed by atoms with Crippen LogP contribution < -0.4 is 37.3 Å². The third kappa shape index (κ3) is 19.1. The fraction of sp³-hybridized carbons (Fsp3) is 0.304. The van der Waals surface area contributed by atoms with Crippen molar-refractivity contribution in [2.75, 3.05) is 54.8 Å². The van der Waals surface area contributed by atoms with Crippen molar-refractivity contribution in [1.29, 1.82) is 0 Å². The maximum atomic E-state index is 13.9. The van der Waals surface area contributed by atoms with E-state index in [0.717, 1.165) is 49.3 Å². The minimum Gasteiger partial charge on any atom is -0.481 e. The Morgan fingerprint density at radius 3 is 2.17 bits per heavy atom. The van der Waals surface area contributed by atoms with E-state index in [4.69, 9.17) is 32.5 Å². The van der Waals surface area contributed by atoms with Crippen molar-refractivity contribution < 1.29 is 72.7 Å². The number of aliphatic carboxylic acids is 3. The molecule has 0 saturated carbocycles. The number of methoxy groups -OCH3 is 1. The van der Waals surface area contributed by atoms with Crippen molar-refractivity contribution in [1.82, 2.24) is 40.5 Å². The smallest absolute Gasteiger partial charge is 0.308 e. The van der Waals surface area contributed by atoms with E-state index in [1.54, 1.807) is 35.2 Å². The number of carbonyl (C=O) groups excluding carboxylic acids is 7. The zero-order valence-electron chi connectivity index (χ0n) is 53.5. The number of nitrogens with two attached hydrogens (primary N) is 2. The fourth-order valence-electron chi connectivity index (χ4n) is 11.2. The minimum atomic E-state index is -1.58. The highest BCUT2D eigenvalue weighted by Crippen LogP contribution is 2.46. The number of carbonyl (C=O) groups is 10. The molecule has 9 aromatic rings. The molecule has 5 unspecified atom stereocenters. The number of rotatable bonds is 32. The average Bonchev–Trinajstić information content (AvgIpc) is 1.61. The number of amides is 3. The lowest BCUT2D eigenvalue weighted by molar-refractivity contribution is -0.144. The number of hydrogen-bond donors (Lipinski definition) is 10. The van der Waals surface area contributed by atoms with Crippen LogP contribution >= 0.6 is 33.2 Å². The van der Waals surface area contributed by atoms with E-state index in [0.29, 0.717) is 66.1 Å². The molecule has 99 heavy (non-hydrogen) atoms. The molecule has 1 aliphatic rings. The fourth-order valence-corrected chi connectivity index (χ4v) is 13.7. The van der Waals surface area contributed by atoms with Gasteiger partial charge in [0, 0.05) is 115 Å². The number of ketones is 3. The highest BCUT2D eigenvalue weighted by atomic mass is 35.5. The number of aromatic nitrogens is 6. The van der Waals surface area contributed by atoms with E-state index in [2.05, 4.69) is 40.5 Å². The number of ether oxygens (including phenoxy) is 2. The van der Waals surface area contributed by atoms with Gasteiger partial charge in [0.25, 0.3) is 11.5 Å². The lowest BCUT2D eigenvalue weighted by Crippen LogP contribution is -2.53. The lowest BCUT2D eigenvalue weighted by Gasteiger charge is -2.21. The summed E-state index contributed by atoms with van der Waals surface area (Å²) in [7, 11) is 4.08. The Labute approximate surface area is 577 Å². The topological polar surface area (TPSA) is 432 Å². The molecule has 4 aromatic heterocycles. The number of carboxylic acids is 3. The Kier molecular flexibility index (Phi) is 24.9. The van der Waals surface area contributed by atoms with E-state index < -0.39 is 103 Å². The summed E-state index contributed by atoms with van der Waals surface area (Å²) in [6, 6.07) is 30.2. The number of para-hydroxylation sites is 1. The van der Waals surface area contributed by atoms with Gasteiger partial charge in [-0.2, -0.15) is 4.98 Å². The van der Waals surface area contributed by atoms with Crippen LogP contribution in [0.3, 0.4) is 0 Å². The van der Waals surface area contributed by atoms with Crippen LogP contribution in [0.15, 0.2) is 120 Å². The number of halogens is 1. The third-order valence-corrected chi connectivity index (χ3v) is 19.1. The molecule has 12 N–H and O–H groups in total. The molecule has 0 bridgehead atoms. The predicted molar refractivity (Wildman–Crippen MR) is 373 cm³/mol. The molecule has 27 nitrogen and oxygen atoms in total. The average molecular weight is 1410 g/mol. The van der Waals surface area contributed by atoms with Gasteiger partial charge in [-0.25, -0.2) is 9.97 Å². The Balaban J connectivity index is 0.000000240. The first-order chi connectivity index (χ1) is 47.5. The van der Waals surface area contributed by atoms with Gasteiger partial charge in [0.05, 0.1) is 54.2 Å². The van der Waals surface area contributed by atoms with Crippen molar-refractivity contribution >= 4 is 148 Å². The Bertz CT molecular complexity index is 4590. The van der Waals surface area contributed by atoms with Crippen LogP contribution in [0.5, 0.6) is 5.75 Å². The molecule has 5 heterocycles. The number of alkyl halides is 1. The zero-order chi connectivity index (χ0) is 71.0. The van der Waals surface area contributed by atoms with Crippen LogP contribution in [0, 0.1) is 11.8 Å². The molecule has 0 aliphatic carbocycles. The van der Waals surface area contributed by atoms with E-state index in [1.165, 1.54) is 41.8 Å². The van der Waals surface area contributed by atoms with E-state index >= 15 is 0 Å². The number of H-pyrrole nitrogens is 3. The molecule has 30 heteroatoms. The van der Waals surface area contributed by atoms with E-state index in [-0.39, 0.29) is 65.3 Å². The maximum absolute atomic E-state index is 13.9. The van der Waals surface area contributed by atoms with Crippen molar-refractivity contribution in [2.45, 2.75) is 76.3 Å². The van der Waals surface area contributed by atoms with Gasteiger partial charge in [-0.1, -0.05) is 94.4 Å². The van der Waals surface area contributed by atoms with Gasteiger partial charge >= 0.3 is 23.9 Å². The molecule has 1 aliphatic heterocycles. The molecular formula is C69H70ClN11O16S2. The van der Waals surface area contributed by atoms with Gasteiger partial charge < -0.3 is 61.8 Å². The van der Waals surface area contributed by atoms with Crippen molar-refractivity contribution in [3.63, 3.8) is 0 Å². The number of Topliss-reactive ketones (excluding diaryl/α,β-unsaturated/α-hetero) is 3. The number of aromatic amines is 3. The predicted octanol–water partition coefficient (Wildman–Crippen LogP) is 7.36. The molecule has 0 saturated heterocycles. The summed E-state index contributed by atoms with van der Waals surface area (Å²) in [6.07, 6.45) is 0.339. The summed E-state index contributed by atoms with van der Waals surface area (Å²) in [6.45, 7) is 1.76. The van der Waals surface area contributed by atoms with Crippen molar-refractivity contribution in [3.8, 4) is 5.75 Å². The Morgan fingerprint density at radius 1 is 0.768 bits per heavy atom.